The van der Waals surface area contributed by atoms with Gasteiger partial charge in [0.05, 0.1) is 5.56 Å². The van der Waals surface area contributed by atoms with Gasteiger partial charge in [-0.05, 0) is 24.3 Å². The summed E-state index contributed by atoms with van der Waals surface area (Å²) in [5.41, 5.74) is 0.567. The zero-order chi connectivity index (χ0) is 12.5. The molecule has 0 fully saturated rings. The number of fused-ring (bicyclic) bond motifs is 2. The Morgan fingerprint density at radius 2 is 1.61 bits per heavy atom. The lowest BCUT2D eigenvalue weighted by molar-refractivity contribution is 0.0737. The molecule has 18 heavy (non-hydrogen) atoms. The van der Waals surface area contributed by atoms with E-state index in [9.17, 15) is 9.59 Å². The van der Waals surface area contributed by atoms with Crippen molar-refractivity contribution in [1.29, 1.82) is 0 Å². The lowest BCUT2D eigenvalue weighted by Gasteiger charge is -2.07. The quantitative estimate of drug-likeness (QED) is 0.437. The minimum Gasteiger partial charge on any atom is -0.452 e. The maximum absolute atomic E-state index is 11.9. The summed E-state index contributed by atoms with van der Waals surface area (Å²) >= 11 is 0. The molecule has 3 rings (SSSR count). The van der Waals surface area contributed by atoms with Gasteiger partial charge in [0.2, 0.25) is 0 Å². The van der Waals surface area contributed by atoms with E-state index in [-0.39, 0.29) is 11.3 Å². The van der Waals surface area contributed by atoms with Crippen molar-refractivity contribution in [3.63, 3.8) is 0 Å². The van der Waals surface area contributed by atoms with Gasteiger partial charge in [-0.2, -0.15) is 0 Å². The molecule has 0 unspecified atom stereocenters. The van der Waals surface area contributed by atoms with Gasteiger partial charge in [0.25, 0.3) is 0 Å². The molecule has 0 aromatic heterocycles. The first-order valence-corrected chi connectivity index (χ1v) is 5.37. The van der Waals surface area contributed by atoms with Gasteiger partial charge in [0, 0.05) is 0 Å². The number of rotatable bonds is 1. The van der Waals surface area contributed by atoms with Crippen LogP contribution in [0.4, 0.5) is 0 Å². The van der Waals surface area contributed by atoms with Gasteiger partial charge in [-0.15, -0.1) is 0 Å². The van der Waals surface area contributed by atoms with Crippen LogP contribution in [0.3, 0.4) is 0 Å². The van der Waals surface area contributed by atoms with Gasteiger partial charge < -0.3 is 9.47 Å². The molecule has 88 valence electrons. The van der Waals surface area contributed by atoms with Gasteiger partial charge in [0.1, 0.15) is 5.56 Å². The van der Waals surface area contributed by atoms with Crippen LogP contribution in [-0.2, 0) is 0 Å². The first-order valence-electron chi connectivity index (χ1n) is 5.37. The molecule has 0 spiro atoms. The number of para-hydroxylation sites is 3. The van der Waals surface area contributed by atoms with Crippen LogP contribution >= 0.6 is 0 Å². The van der Waals surface area contributed by atoms with Gasteiger partial charge in [0.15, 0.2) is 23.5 Å². The lowest BCUT2D eigenvalue weighted by Crippen LogP contribution is -2.07. The summed E-state index contributed by atoms with van der Waals surface area (Å²) in [5.74, 6) is 0.468. The van der Waals surface area contributed by atoms with E-state index in [1.165, 1.54) is 0 Å². The fraction of sp³-hybridized carbons (Fsp3) is 0. The topological polar surface area (TPSA) is 52.6 Å². The van der Waals surface area contributed by atoms with Crippen LogP contribution in [0.25, 0.3) is 0 Å². The van der Waals surface area contributed by atoms with Crippen LogP contribution in [0.2, 0.25) is 0 Å². The molecule has 0 radical (unpaired) electrons. The van der Waals surface area contributed by atoms with E-state index in [0.717, 1.165) is 0 Å². The molecule has 1 heterocycles. The molecule has 1 aliphatic heterocycles. The molecule has 0 atom stereocenters. The second-order valence-corrected chi connectivity index (χ2v) is 3.78. The lowest BCUT2D eigenvalue weighted by atomic mass is 10.1. The van der Waals surface area contributed by atoms with Crippen molar-refractivity contribution in [1.82, 2.24) is 0 Å². The average Bonchev–Trinajstić information content (AvgIpc) is 2.54. The molecule has 0 aliphatic carbocycles. The predicted molar refractivity (Wildman–Crippen MR) is 63.3 cm³/mol. The Kier molecular flexibility index (Phi) is 2.34. The molecular formula is C14H8O4. The molecule has 4 heteroatoms. The summed E-state index contributed by atoms with van der Waals surface area (Å²) in [6.45, 7) is 0. The Labute approximate surface area is 103 Å². The highest BCUT2D eigenvalue weighted by atomic mass is 16.6. The zero-order valence-corrected chi connectivity index (χ0v) is 9.25. The fourth-order valence-electron chi connectivity index (χ4n) is 1.81. The van der Waals surface area contributed by atoms with Crippen molar-refractivity contribution in [2.45, 2.75) is 0 Å². The van der Waals surface area contributed by atoms with Crippen LogP contribution in [-0.4, -0.2) is 12.3 Å². The Bertz CT molecular complexity index is 646. The molecule has 0 amide bonds. The molecule has 1 aliphatic rings. The van der Waals surface area contributed by atoms with E-state index in [4.69, 9.17) is 9.47 Å². The number of carbonyl (C=O) groups excluding carboxylic acids is 2. The summed E-state index contributed by atoms with van der Waals surface area (Å²) in [7, 11) is 0. The van der Waals surface area contributed by atoms with Crippen LogP contribution in [0, 0.1) is 0 Å². The second kappa shape index (κ2) is 4.00. The largest absolute Gasteiger partial charge is 0.452 e. The Morgan fingerprint density at radius 1 is 0.889 bits per heavy atom. The Hall–Kier alpha value is -2.62. The maximum atomic E-state index is 11.9. The number of aldehydes is 1. The summed E-state index contributed by atoms with van der Waals surface area (Å²) in [5, 5.41) is 0. The van der Waals surface area contributed by atoms with Gasteiger partial charge in [-0.3, -0.25) is 4.79 Å². The van der Waals surface area contributed by atoms with Crippen molar-refractivity contribution in [2.24, 2.45) is 0 Å². The Morgan fingerprint density at radius 3 is 2.33 bits per heavy atom. The highest BCUT2D eigenvalue weighted by Crippen LogP contribution is 2.38. The molecule has 0 bridgehead atoms. The normalized spacial score (nSPS) is 12.6. The number of esters is 1. The van der Waals surface area contributed by atoms with E-state index in [0.29, 0.717) is 23.3 Å². The summed E-state index contributed by atoms with van der Waals surface area (Å²) in [4.78, 5) is 22.9. The fourth-order valence-corrected chi connectivity index (χ4v) is 1.81. The molecule has 0 N–H and O–H groups in total. The molecule has 0 saturated carbocycles. The average molecular weight is 240 g/mol. The minimum atomic E-state index is -0.529. The van der Waals surface area contributed by atoms with Crippen molar-refractivity contribution in [2.75, 3.05) is 0 Å². The molecule has 2 aromatic carbocycles. The van der Waals surface area contributed by atoms with Crippen molar-refractivity contribution < 1.29 is 19.1 Å². The molecular weight excluding hydrogens is 232 g/mol. The number of carbonyl (C=O) groups is 2. The minimum absolute atomic E-state index is 0.238. The molecule has 2 aromatic rings. The van der Waals surface area contributed by atoms with E-state index in [1.54, 1.807) is 42.5 Å². The van der Waals surface area contributed by atoms with Gasteiger partial charge in [-0.1, -0.05) is 18.2 Å². The first kappa shape index (κ1) is 10.5. The van der Waals surface area contributed by atoms with E-state index in [1.807, 2.05) is 0 Å². The highest BCUT2D eigenvalue weighted by molar-refractivity contribution is 5.98. The van der Waals surface area contributed by atoms with Crippen LogP contribution in [0.15, 0.2) is 42.5 Å². The number of ether oxygens (including phenoxy) is 2. The monoisotopic (exact) mass is 240 g/mol. The van der Waals surface area contributed by atoms with E-state index < -0.39 is 5.97 Å². The van der Waals surface area contributed by atoms with E-state index >= 15 is 0 Å². The number of benzene rings is 2. The SMILES string of the molecule is O=Cc1cccc2c1Oc1ccccc1OC2=O. The third-order valence-corrected chi connectivity index (χ3v) is 2.66. The standard InChI is InChI=1S/C14H8O4/c15-8-9-4-3-5-10-13(9)17-11-6-1-2-7-12(11)18-14(10)16/h1-8H. The van der Waals surface area contributed by atoms with Crippen LogP contribution in [0.5, 0.6) is 17.2 Å². The third kappa shape index (κ3) is 1.55. The van der Waals surface area contributed by atoms with Gasteiger partial charge >= 0.3 is 5.97 Å². The van der Waals surface area contributed by atoms with Crippen molar-refractivity contribution in [3.05, 3.63) is 53.6 Å². The predicted octanol–water partition coefficient (Wildman–Crippen LogP) is 2.82. The summed E-state index contributed by atoms with van der Waals surface area (Å²) < 4.78 is 10.8. The second-order valence-electron chi connectivity index (χ2n) is 3.78. The number of hydrogen-bond acceptors (Lipinski definition) is 4. The summed E-state index contributed by atoms with van der Waals surface area (Å²) in [6.07, 6.45) is 0.653. The van der Waals surface area contributed by atoms with Crippen molar-refractivity contribution >= 4 is 12.3 Å². The van der Waals surface area contributed by atoms with Crippen LogP contribution in [0.1, 0.15) is 20.7 Å². The van der Waals surface area contributed by atoms with Gasteiger partial charge in [-0.25, -0.2) is 4.79 Å². The zero-order valence-electron chi connectivity index (χ0n) is 9.25. The molecule has 0 saturated heterocycles. The highest BCUT2D eigenvalue weighted by Gasteiger charge is 2.24. The third-order valence-electron chi connectivity index (χ3n) is 2.66. The van der Waals surface area contributed by atoms with Crippen molar-refractivity contribution in [3.8, 4) is 17.2 Å². The smallest absolute Gasteiger partial charge is 0.347 e. The summed E-state index contributed by atoms with van der Waals surface area (Å²) in [6, 6.07) is 11.6. The van der Waals surface area contributed by atoms with E-state index in [2.05, 4.69) is 0 Å². The Balaban J connectivity index is 2.23. The first-order chi connectivity index (χ1) is 8.79. The van der Waals surface area contributed by atoms with Crippen LogP contribution < -0.4 is 9.47 Å². The number of hydrogen-bond donors (Lipinski definition) is 0. The molecule has 4 nitrogen and oxygen atoms in total. The maximum Gasteiger partial charge on any atom is 0.347 e.